The molecule has 776 valence electrons. The Balaban J connectivity index is 0.000000163. The Morgan fingerprint density at radius 2 is 0.639 bits per heavy atom. The number of aliphatic hydroxyl groups excluding tert-OH is 10. The number of aromatic nitrogens is 20. The number of ether oxygens (including phenoxy) is 4. The van der Waals surface area contributed by atoms with E-state index < -0.39 is 364 Å². The lowest BCUT2D eigenvalue weighted by Crippen LogP contribution is -2.33. The van der Waals surface area contributed by atoms with E-state index in [2.05, 4.69) is 102 Å². The second kappa shape index (κ2) is 47.3. The number of hydrogen-bond acceptors (Lipinski definition) is 40. The molecule has 48 heteroatoms. The van der Waals surface area contributed by atoms with Crippen molar-refractivity contribution in [3.63, 3.8) is 0 Å². The fourth-order valence-electron chi connectivity index (χ4n) is 15.8. The molecule has 40 nitrogen and oxygen atoms in total. The smallest absolute Gasteiger partial charge is 0.191 e. The van der Waals surface area contributed by atoms with Gasteiger partial charge in [0.05, 0.1) is 129 Å². The fourth-order valence-corrected chi connectivity index (χ4v) is 17.9. The number of nitrogens with one attached hydrogen (secondary N) is 4. The number of halogens is 4. The minimum atomic E-state index is -3.47. The van der Waals surface area contributed by atoms with Gasteiger partial charge in [0.25, 0.3) is 0 Å². The Labute approximate surface area is 902 Å². The van der Waals surface area contributed by atoms with Crippen LogP contribution < -0.4 is 21.3 Å². The van der Waals surface area contributed by atoms with Crippen LogP contribution in [0.15, 0.2) is 93.1 Å². The topological polar surface area (TPSA) is 554 Å². The SMILES string of the molecule is [2H]c1c([2H])c([C@@]2([2H])[C@H](Nc3nc(SC([2H])([2H])C([2H])([2H])C)nc4c3nnn4[C@@H]3C[C@H](OCCO)[C@@H](O)[C@H]3O)C2([2H])[2H])c([2H])c(F)c1C.[2H]c1c([2H])c([C@@]2([2H])[C@H](Nc3nc(SC([2H])([2H])CC)nc4c3nnn4[C@@H]3C[C@H](OC([2H])([2H])C([2H])([2H])O)[C@@H](O)[C@H]3O)C2([2H])[2H])c([2H])c(F)c1C.[2H]c1c([2H])c([C@@]2([2H])[C@H](Nc3nc(SC([2H])([2H])CC)nc4c3nnn4[C@@H]3C[C@H](OC([2H])([2H])CO)[C@@H](O)[C@H]3O)C2([2H])[2H])c([2H])c(F)c1C.[2H]c1c([2H])c([C@@]2([2H])[C@H](Nc3nc(SC([2H])([2H])CC)nc4c3nnn4[C@@H]3C[C@H](OCC([2H])([2H])O)[C@@H](O)[C@H]3O)C2([2H])[2H])c([2H])c(F)c1C. The molecule has 144 heavy (non-hydrogen) atoms. The summed E-state index contributed by atoms with van der Waals surface area (Å²) in [5, 5.41) is 165. The highest BCUT2D eigenvalue weighted by Gasteiger charge is 2.51. The normalized spacial score (nSPS) is 36.2. The van der Waals surface area contributed by atoms with E-state index in [0.29, 0.717) is 47.0 Å². The Hall–Kier alpha value is -9.52. The zero-order valence-electron chi connectivity index (χ0n) is 119. The molecule has 12 aromatic rings. The predicted molar refractivity (Wildman–Crippen MR) is 530 cm³/mol. The van der Waals surface area contributed by atoms with Gasteiger partial charge in [-0.05, 0) is 147 Å². The van der Waals surface area contributed by atoms with Crippen molar-refractivity contribution in [3.05, 3.63) is 140 Å². The summed E-state index contributed by atoms with van der Waals surface area (Å²) in [5.41, 5.74) is -13.1. The van der Waals surface area contributed by atoms with Crippen LogP contribution in [0.5, 0.6) is 0 Å². The third kappa shape index (κ3) is 23.8. The van der Waals surface area contributed by atoms with Crippen LogP contribution in [-0.2, 0) is 18.9 Å². The molecule has 0 amide bonds. The van der Waals surface area contributed by atoms with Gasteiger partial charge in [0.15, 0.2) is 88.6 Å². The lowest BCUT2D eigenvalue weighted by Gasteiger charge is -2.17. The summed E-state index contributed by atoms with van der Waals surface area (Å²) in [6.45, 7) is -3.69. The van der Waals surface area contributed by atoms with Crippen LogP contribution >= 0.6 is 47.0 Å². The van der Waals surface area contributed by atoms with Crippen LogP contribution in [0.1, 0.15) is 254 Å². The molecular formula is C96H124F4N24O16S4. The summed E-state index contributed by atoms with van der Waals surface area (Å²) >= 11 is 2.09. The molecule has 0 aliphatic heterocycles. The first-order valence-corrected chi connectivity index (χ1v) is 47.8. The van der Waals surface area contributed by atoms with Crippen LogP contribution in [0.3, 0.4) is 0 Å². The van der Waals surface area contributed by atoms with Gasteiger partial charge in [-0.2, -0.15) is 0 Å². The molecule has 8 fully saturated rings. The lowest BCUT2D eigenvalue weighted by atomic mass is 10.1. The average Bonchev–Trinajstić information content (AvgIpc) is 1.51. The highest BCUT2D eigenvalue weighted by Crippen LogP contribution is 2.50. The highest BCUT2D eigenvalue weighted by molar-refractivity contribution is 7.99. The van der Waals surface area contributed by atoms with E-state index in [-0.39, 0.29) is 163 Å². The maximum Gasteiger partial charge on any atom is 0.191 e. The molecule has 16 N–H and O–H groups in total. The van der Waals surface area contributed by atoms with Crippen molar-refractivity contribution < 1.29 is 155 Å². The number of rotatable bonds is 40. The number of hydrogen-bond donors (Lipinski definition) is 16. The largest absolute Gasteiger partial charge is 0.394 e. The summed E-state index contributed by atoms with van der Waals surface area (Å²) in [6.07, 6.45) is -30.6. The van der Waals surface area contributed by atoms with Gasteiger partial charge in [-0.3, -0.25) is 0 Å². The number of thioether (sulfide) groups is 4. The van der Waals surface area contributed by atoms with E-state index in [9.17, 15) is 73.7 Å². The summed E-state index contributed by atoms with van der Waals surface area (Å²) in [7, 11) is 0. The van der Waals surface area contributed by atoms with E-state index in [0.717, 1.165) is 25.7 Å². The van der Waals surface area contributed by atoms with Gasteiger partial charge >= 0.3 is 0 Å². The number of anilines is 4. The van der Waals surface area contributed by atoms with Gasteiger partial charge in [-0.25, -0.2) is 76.2 Å². The standard InChI is InChI=1S/4C24H31FN6O4S/c4*1-3-8-36-24-27-22(26-16-10-14(16)13-5-4-12(2)15(25)9-13)19-23(28-24)31(30-29-19)17-11-18(35-7-6-32)21(34)20(17)33/h4*4-5,9,14,16-18,20-21,32-34H,3,6-8,10-11H2,1-2H3,(H,26,27,28)/t4*14-,16+,17+,18-,20-,21+/m0000/s1/i4D,5D,6D2,7D2,8D2,9D,10D2,14D;4D,5D,7D2,8D2,9D,10D2,14D;4D,5D,6D2,8D2,9D,10D2,14D;3D2,4D,5D,8D2,9D,10D2,14D. The summed E-state index contributed by atoms with van der Waals surface area (Å²) in [5.74, 6) is -15.4. The number of fused-ring (bicyclic) bond motifs is 4. The highest BCUT2D eigenvalue weighted by atomic mass is 32.2. The third-order valence-electron chi connectivity index (χ3n) is 23.4. The van der Waals surface area contributed by atoms with E-state index >= 15 is 0 Å². The van der Waals surface area contributed by atoms with Crippen molar-refractivity contribution in [3.8, 4) is 0 Å². The third-order valence-corrected chi connectivity index (χ3v) is 26.4. The minimum Gasteiger partial charge on any atom is -0.394 e. The van der Waals surface area contributed by atoms with Gasteiger partial charge in [-0.1, -0.05) is 144 Å². The van der Waals surface area contributed by atoms with Crippen LogP contribution in [0.2, 0.25) is 0 Å². The first-order valence-electron chi connectivity index (χ1n) is 65.6. The molecule has 8 heterocycles. The monoisotopic (exact) mass is 2120 g/mol. The van der Waals surface area contributed by atoms with Gasteiger partial charge < -0.3 is 101 Å². The van der Waals surface area contributed by atoms with Gasteiger partial charge in [0, 0.05) is 126 Å². The molecule has 0 bridgehead atoms. The van der Waals surface area contributed by atoms with E-state index in [1.807, 2.05) is 0 Å². The number of nitrogens with zero attached hydrogens (tertiary/aromatic N) is 20. The van der Waals surface area contributed by atoms with Crippen molar-refractivity contribution in [2.75, 3.05) is 96.8 Å². The molecule has 0 radical (unpaired) electrons. The first kappa shape index (κ1) is 64.7. The van der Waals surface area contributed by atoms with Gasteiger partial charge in [-0.15, -0.1) is 20.4 Å². The van der Waals surface area contributed by atoms with Crippen LogP contribution in [-0.4, -0.2) is 334 Å². The van der Waals surface area contributed by atoms with E-state index in [4.69, 9.17) is 81.6 Å². The quantitative estimate of drug-likeness (QED) is 0.00969. The fraction of sp³-hybridized carbons (Fsp3) is 0.583. The Bertz CT molecular complexity index is 8650. The molecule has 0 unspecified atom stereocenters. The lowest BCUT2D eigenvalue weighted by molar-refractivity contribution is -0.0629. The molecule has 8 saturated carbocycles. The maximum absolute atomic E-state index is 14.8. The van der Waals surface area contributed by atoms with Crippen molar-refractivity contribution in [1.82, 2.24) is 99.8 Å². The van der Waals surface area contributed by atoms with Crippen molar-refractivity contribution in [2.45, 2.75) is 298 Å². The van der Waals surface area contributed by atoms with Crippen molar-refractivity contribution in [1.29, 1.82) is 0 Å². The molecule has 8 aliphatic rings. The molecule has 0 saturated heterocycles. The molecule has 8 aromatic heterocycles. The molecular weight excluding hydrogens is 1950 g/mol. The van der Waals surface area contributed by atoms with Crippen LogP contribution in [0.4, 0.5) is 40.8 Å². The number of benzene rings is 4. The Morgan fingerprint density at radius 1 is 0.368 bits per heavy atom. The molecule has 4 aromatic carbocycles. The van der Waals surface area contributed by atoms with Gasteiger partial charge in [0.1, 0.15) is 72.1 Å². The number of aliphatic hydroxyl groups is 12. The molecule has 0 spiro atoms. The Morgan fingerprint density at radius 3 is 0.896 bits per heavy atom. The van der Waals surface area contributed by atoms with Crippen LogP contribution in [0.25, 0.3) is 44.7 Å². The van der Waals surface area contributed by atoms with Gasteiger partial charge in [0.2, 0.25) is 0 Å². The first-order chi connectivity index (χ1) is 85.5. The molecule has 20 rings (SSSR count). The predicted octanol–water partition coefficient (Wildman–Crippen LogP) is 8.73. The van der Waals surface area contributed by atoms with Crippen molar-refractivity contribution in [2.24, 2.45) is 0 Å². The summed E-state index contributed by atoms with van der Waals surface area (Å²) in [6, 6.07) is -19.4. The zero-order chi connectivity index (χ0) is 139. The second-order valence-electron chi connectivity index (χ2n) is 32.9. The van der Waals surface area contributed by atoms with E-state index in [1.54, 1.807) is 20.8 Å². The summed E-state index contributed by atoms with van der Waals surface area (Å²) in [4.78, 5) is 34.4. The summed E-state index contributed by atoms with van der Waals surface area (Å²) < 4.78 is 429. The zero-order valence-corrected chi connectivity index (χ0v) is 80.2. The minimum absolute atomic E-state index is 0.000239. The van der Waals surface area contributed by atoms with E-state index in [1.165, 1.54) is 27.7 Å². The van der Waals surface area contributed by atoms with Crippen LogP contribution in [0, 0.1) is 51.0 Å². The molecule has 8 aliphatic carbocycles. The van der Waals surface area contributed by atoms with Crippen molar-refractivity contribution >= 4 is 115 Å². The molecule has 24 atom stereocenters. The Kier molecular flexibility index (Phi) is 21.3. The average molecular weight is 2120 g/mol. The maximum atomic E-state index is 14.8. The second-order valence-corrected chi connectivity index (χ2v) is 36.2.